The van der Waals surface area contributed by atoms with Crippen molar-refractivity contribution in [2.45, 2.75) is 0 Å². The normalized spacial score (nSPS) is 14.4. The lowest BCUT2D eigenvalue weighted by atomic mass is 10.3. The first-order valence-corrected chi connectivity index (χ1v) is 8.26. The van der Waals surface area contributed by atoms with Crippen molar-refractivity contribution < 1.29 is 9.09 Å². The molecule has 1 atom stereocenters. The third-order valence-corrected chi connectivity index (χ3v) is 6.82. The number of nitrogens with zero attached hydrogens (tertiary/aromatic N) is 1. The van der Waals surface area contributed by atoms with E-state index in [0.29, 0.717) is 10.1 Å². The molecule has 3 rings (SSSR count). The van der Waals surface area contributed by atoms with Crippen molar-refractivity contribution >= 4 is 39.0 Å². The molecule has 0 saturated carbocycles. The summed E-state index contributed by atoms with van der Waals surface area (Å²) in [5.74, 6) is 0. The maximum Gasteiger partial charge on any atom is 0.288 e. The fraction of sp³-hybridized carbons (Fsp3) is 0.0714. The summed E-state index contributed by atoms with van der Waals surface area (Å²) in [4.78, 5) is 4.46. The predicted molar refractivity (Wildman–Crippen MR) is 79.9 cm³/mol. The Bertz CT molecular complexity index is 721. The van der Waals surface area contributed by atoms with Crippen LogP contribution in [-0.2, 0) is 9.09 Å². The number of aromatic nitrogens is 1. The number of hydrogen-bond donors (Lipinski definition) is 0. The average Bonchev–Trinajstić information content (AvgIpc) is 2.92. The number of benzene rings is 2. The highest BCUT2D eigenvalue weighted by Crippen LogP contribution is 2.45. The summed E-state index contributed by atoms with van der Waals surface area (Å²) in [5, 5.41) is 0.677. The molecule has 0 bridgehead atoms. The lowest BCUT2D eigenvalue weighted by Crippen LogP contribution is -2.16. The van der Waals surface area contributed by atoms with Gasteiger partial charge in [0.1, 0.15) is 0 Å². The molecule has 0 fully saturated rings. The monoisotopic (exact) mass is 289 g/mol. The van der Waals surface area contributed by atoms with Gasteiger partial charge in [-0.1, -0.05) is 30.3 Å². The van der Waals surface area contributed by atoms with Crippen LogP contribution in [0, 0.1) is 0 Å². The Morgan fingerprint density at radius 3 is 2.42 bits per heavy atom. The van der Waals surface area contributed by atoms with E-state index in [2.05, 4.69) is 4.98 Å². The minimum absolute atomic E-state index is 0.544. The van der Waals surface area contributed by atoms with E-state index in [-0.39, 0.29) is 0 Å². The third-order valence-electron chi connectivity index (χ3n) is 2.89. The zero-order chi connectivity index (χ0) is 13.3. The van der Waals surface area contributed by atoms with Gasteiger partial charge in [-0.05, 0) is 24.3 Å². The highest BCUT2D eigenvalue weighted by Gasteiger charge is 2.30. The fourth-order valence-electron chi connectivity index (χ4n) is 1.90. The number of thiazole rings is 1. The molecule has 3 aromatic rings. The minimum Gasteiger partial charge on any atom is -0.324 e. The summed E-state index contributed by atoms with van der Waals surface area (Å²) in [7, 11) is -1.60. The number of hydrogen-bond acceptors (Lipinski definition) is 4. The molecule has 19 heavy (non-hydrogen) atoms. The molecule has 0 radical (unpaired) electrons. The molecule has 5 heteroatoms. The molecule has 1 aromatic heterocycles. The molecule has 0 aliphatic carbocycles. The second-order valence-electron chi connectivity index (χ2n) is 4.03. The van der Waals surface area contributed by atoms with E-state index in [1.807, 2.05) is 54.6 Å². The standard InChI is InChI=1S/C14H12NO2PS/c1-17-18(16,11-7-3-2-4-8-11)14-15-12-9-5-6-10-13(12)19-14/h2-10H,1H3. The van der Waals surface area contributed by atoms with Crippen molar-refractivity contribution in [2.24, 2.45) is 0 Å². The van der Waals surface area contributed by atoms with Crippen LogP contribution in [0.1, 0.15) is 0 Å². The van der Waals surface area contributed by atoms with Crippen LogP contribution in [0.2, 0.25) is 0 Å². The molecule has 2 aromatic carbocycles. The lowest BCUT2D eigenvalue weighted by molar-refractivity contribution is 0.412. The zero-order valence-electron chi connectivity index (χ0n) is 10.3. The van der Waals surface area contributed by atoms with Gasteiger partial charge in [-0.25, -0.2) is 4.98 Å². The molecule has 0 aliphatic rings. The van der Waals surface area contributed by atoms with Crippen LogP contribution in [0.25, 0.3) is 10.2 Å². The Hall–Kier alpha value is -1.48. The van der Waals surface area contributed by atoms with Gasteiger partial charge in [0.25, 0.3) is 7.37 Å². The highest BCUT2D eigenvalue weighted by molar-refractivity contribution is 7.79. The van der Waals surface area contributed by atoms with Gasteiger partial charge in [-0.15, -0.1) is 11.3 Å². The molecule has 0 aliphatic heterocycles. The first kappa shape index (κ1) is 12.5. The van der Waals surface area contributed by atoms with E-state index in [1.54, 1.807) is 0 Å². The largest absolute Gasteiger partial charge is 0.324 e. The Kier molecular flexibility index (Phi) is 3.23. The summed E-state index contributed by atoms with van der Waals surface area (Å²) >= 11 is 1.42. The van der Waals surface area contributed by atoms with Gasteiger partial charge in [-0.2, -0.15) is 0 Å². The van der Waals surface area contributed by atoms with Crippen molar-refractivity contribution in [1.29, 1.82) is 0 Å². The summed E-state index contributed by atoms with van der Waals surface area (Å²) in [6, 6.07) is 17.0. The molecule has 0 saturated heterocycles. The van der Waals surface area contributed by atoms with Crippen molar-refractivity contribution in [3.63, 3.8) is 0 Å². The van der Waals surface area contributed by atoms with E-state index in [9.17, 15) is 4.57 Å². The van der Waals surface area contributed by atoms with E-state index >= 15 is 0 Å². The maximum absolute atomic E-state index is 13.1. The van der Waals surface area contributed by atoms with Gasteiger partial charge in [0.2, 0.25) is 0 Å². The maximum atomic E-state index is 13.1. The smallest absolute Gasteiger partial charge is 0.288 e. The number of fused-ring (bicyclic) bond motifs is 1. The van der Waals surface area contributed by atoms with E-state index in [4.69, 9.17) is 4.52 Å². The van der Waals surface area contributed by atoms with Crippen molar-refractivity contribution in [3.05, 3.63) is 54.6 Å². The van der Waals surface area contributed by atoms with Gasteiger partial charge >= 0.3 is 0 Å². The van der Waals surface area contributed by atoms with Crippen LogP contribution in [-0.4, -0.2) is 12.1 Å². The Labute approximate surface area is 115 Å². The second kappa shape index (κ2) is 4.89. The topological polar surface area (TPSA) is 39.2 Å². The van der Waals surface area contributed by atoms with Crippen molar-refractivity contribution in [3.8, 4) is 0 Å². The minimum atomic E-state index is -3.07. The average molecular weight is 289 g/mol. The van der Waals surface area contributed by atoms with Gasteiger partial charge in [0.15, 0.2) is 4.75 Å². The molecule has 1 unspecified atom stereocenters. The molecule has 96 valence electrons. The van der Waals surface area contributed by atoms with Gasteiger partial charge in [-0.3, -0.25) is 4.57 Å². The lowest BCUT2D eigenvalue weighted by Gasteiger charge is -2.13. The quantitative estimate of drug-likeness (QED) is 0.695. The summed E-state index contributed by atoms with van der Waals surface area (Å²) in [5.41, 5.74) is 0.857. The second-order valence-corrected chi connectivity index (χ2v) is 7.78. The first-order chi connectivity index (χ1) is 9.24. The van der Waals surface area contributed by atoms with Gasteiger partial charge in [0.05, 0.1) is 10.2 Å². The van der Waals surface area contributed by atoms with Crippen LogP contribution >= 0.6 is 18.7 Å². The van der Waals surface area contributed by atoms with Crippen LogP contribution in [0.4, 0.5) is 0 Å². The Morgan fingerprint density at radius 2 is 1.74 bits per heavy atom. The summed E-state index contributed by atoms with van der Waals surface area (Å²) in [6.07, 6.45) is 0. The molecule has 0 N–H and O–H groups in total. The highest BCUT2D eigenvalue weighted by atomic mass is 32.1. The molecule has 0 spiro atoms. The van der Waals surface area contributed by atoms with Crippen LogP contribution in [0.5, 0.6) is 0 Å². The predicted octanol–water partition coefficient (Wildman–Crippen LogP) is 3.17. The van der Waals surface area contributed by atoms with Gasteiger partial charge in [0, 0.05) is 12.4 Å². The Balaban J connectivity index is 2.19. The first-order valence-electron chi connectivity index (χ1n) is 5.81. The van der Waals surface area contributed by atoms with Crippen LogP contribution in [0.3, 0.4) is 0 Å². The molecule has 3 nitrogen and oxygen atoms in total. The SMILES string of the molecule is COP(=O)(c1ccccc1)c1nc2ccccc2s1. The molecular formula is C14H12NO2PS. The molecular weight excluding hydrogens is 277 g/mol. The van der Waals surface area contributed by atoms with Crippen LogP contribution in [0.15, 0.2) is 54.6 Å². The van der Waals surface area contributed by atoms with E-state index in [0.717, 1.165) is 10.2 Å². The van der Waals surface area contributed by atoms with Gasteiger partial charge < -0.3 is 4.52 Å². The summed E-state index contributed by atoms with van der Waals surface area (Å²) < 4.78 is 20.0. The van der Waals surface area contributed by atoms with Crippen molar-refractivity contribution in [2.75, 3.05) is 7.11 Å². The van der Waals surface area contributed by atoms with Crippen LogP contribution < -0.4 is 10.1 Å². The number of para-hydroxylation sites is 1. The summed E-state index contributed by atoms with van der Waals surface area (Å²) in [6.45, 7) is 0. The van der Waals surface area contributed by atoms with Crippen molar-refractivity contribution in [1.82, 2.24) is 4.98 Å². The number of rotatable bonds is 3. The zero-order valence-corrected chi connectivity index (χ0v) is 12.0. The van der Waals surface area contributed by atoms with E-state index < -0.39 is 7.37 Å². The Morgan fingerprint density at radius 1 is 1.05 bits per heavy atom. The fourth-order valence-corrected chi connectivity index (χ4v) is 5.32. The molecule has 0 amide bonds. The molecule has 1 heterocycles. The third kappa shape index (κ3) is 2.12. The van der Waals surface area contributed by atoms with E-state index in [1.165, 1.54) is 18.4 Å².